The van der Waals surface area contributed by atoms with Crippen LogP contribution in [0.4, 0.5) is 5.82 Å². The van der Waals surface area contributed by atoms with Crippen molar-refractivity contribution in [3.8, 4) is 0 Å². The molecule has 2 N–H and O–H groups in total. The van der Waals surface area contributed by atoms with Gasteiger partial charge in [0.15, 0.2) is 0 Å². The summed E-state index contributed by atoms with van der Waals surface area (Å²) in [5.41, 5.74) is 0. The van der Waals surface area contributed by atoms with Crippen molar-refractivity contribution in [2.24, 2.45) is 0 Å². The Labute approximate surface area is 95.9 Å². The van der Waals surface area contributed by atoms with E-state index in [1.54, 1.807) is 0 Å². The normalized spacial score (nSPS) is 25.4. The molecule has 2 heterocycles. The summed E-state index contributed by atoms with van der Waals surface area (Å²) < 4.78 is 0. The molecule has 86 valence electrons. The summed E-state index contributed by atoms with van der Waals surface area (Å²) in [5.74, 6) is 2.64. The van der Waals surface area contributed by atoms with E-state index in [2.05, 4.69) is 20.6 Å². The SMILES string of the molecule is c1cc(N[C@H]2CCCNC2)nc(C2CC2)n1. The largest absolute Gasteiger partial charge is 0.366 e. The fraction of sp³-hybridized carbons (Fsp3) is 0.667. The highest BCUT2D eigenvalue weighted by Gasteiger charge is 2.26. The van der Waals surface area contributed by atoms with Crippen LogP contribution >= 0.6 is 0 Å². The lowest BCUT2D eigenvalue weighted by molar-refractivity contribution is 0.479. The number of piperidine rings is 1. The van der Waals surface area contributed by atoms with Crippen LogP contribution in [0.25, 0.3) is 0 Å². The molecule has 4 nitrogen and oxygen atoms in total. The molecule has 0 radical (unpaired) electrons. The zero-order valence-corrected chi connectivity index (χ0v) is 9.45. The van der Waals surface area contributed by atoms with Gasteiger partial charge >= 0.3 is 0 Å². The van der Waals surface area contributed by atoms with Crippen molar-refractivity contribution < 1.29 is 0 Å². The second-order valence-corrected chi connectivity index (χ2v) is 4.76. The number of anilines is 1. The van der Waals surface area contributed by atoms with Crippen LogP contribution in [0.1, 0.15) is 37.4 Å². The summed E-state index contributed by atoms with van der Waals surface area (Å²) in [7, 11) is 0. The van der Waals surface area contributed by atoms with Crippen LogP contribution in [0.5, 0.6) is 0 Å². The van der Waals surface area contributed by atoms with Crippen molar-refractivity contribution >= 4 is 5.82 Å². The Balaban J connectivity index is 1.66. The van der Waals surface area contributed by atoms with Crippen LogP contribution in [0.2, 0.25) is 0 Å². The van der Waals surface area contributed by atoms with Gasteiger partial charge in [-0.25, -0.2) is 9.97 Å². The predicted octanol–water partition coefficient (Wildman–Crippen LogP) is 1.52. The van der Waals surface area contributed by atoms with Gasteiger partial charge in [-0.2, -0.15) is 0 Å². The van der Waals surface area contributed by atoms with Gasteiger partial charge in [0.25, 0.3) is 0 Å². The maximum absolute atomic E-state index is 4.58. The van der Waals surface area contributed by atoms with Gasteiger partial charge in [-0.1, -0.05) is 0 Å². The van der Waals surface area contributed by atoms with E-state index in [1.165, 1.54) is 25.7 Å². The van der Waals surface area contributed by atoms with Gasteiger partial charge in [-0.05, 0) is 38.3 Å². The fourth-order valence-corrected chi connectivity index (χ4v) is 2.18. The highest BCUT2D eigenvalue weighted by atomic mass is 15.1. The lowest BCUT2D eigenvalue weighted by Crippen LogP contribution is -2.38. The van der Waals surface area contributed by atoms with Crippen molar-refractivity contribution in [2.75, 3.05) is 18.4 Å². The van der Waals surface area contributed by atoms with Crippen molar-refractivity contribution in [3.63, 3.8) is 0 Å². The molecule has 1 aliphatic carbocycles. The molecule has 3 rings (SSSR count). The number of hydrogen-bond acceptors (Lipinski definition) is 4. The lowest BCUT2D eigenvalue weighted by Gasteiger charge is -2.24. The zero-order chi connectivity index (χ0) is 10.8. The second-order valence-electron chi connectivity index (χ2n) is 4.76. The predicted molar refractivity (Wildman–Crippen MR) is 63.5 cm³/mol. The Bertz CT molecular complexity index is 356. The number of nitrogens with zero attached hydrogens (tertiary/aromatic N) is 2. The molecule has 1 aromatic heterocycles. The summed E-state index contributed by atoms with van der Waals surface area (Å²) >= 11 is 0. The maximum atomic E-state index is 4.58. The first-order valence-corrected chi connectivity index (χ1v) is 6.22. The smallest absolute Gasteiger partial charge is 0.133 e. The summed E-state index contributed by atoms with van der Waals surface area (Å²) in [6, 6.07) is 2.50. The molecule has 16 heavy (non-hydrogen) atoms. The summed E-state index contributed by atoms with van der Waals surface area (Å²) in [6.45, 7) is 2.19. The Hall–Kier alpha value is -1.16. The number of hydrogen-bond donors (Lipinski definition) is 2. The van der Waals surface area contributed by atoms with E-state index in [-0.39, 0.29) is 0 Å². The van der Waals surface area contributed by atoms with E-state index in [4.69, 9.17) is 0 Å². The topological polar surface area (TPSA) is 49.8 Å². The van der Waals surface area contributed by atoms with Gasteiger partial charge in [0, 0.05) is 24.7 Å². The van der Waals surface area contributed by atoms with E-state index >= 15 is 0 Å². The molecule has 1 saturated heterocycles. The molecular weight excluding hydrogens is 200 g/mol. The van der Waals surface area contributed by atoms with Crippen LogP contribution in [0.15, 0.2) is 12.3 Å². The second kappa shape index (κ2) is 4.37. The van der Waals surface area contributed by atoms with Gasteiger partial charge in [0.2, 0.25) is 0 Å². The number of rotatable bonds is 3. The summed E-state index contributed by atoms with van der Waals surface area (Å²) in [5, 5.41) is 6.89. The molecule has 0 bridgehead atoms. The van der Waals surface area contributed by atoms with Crippen LogP contribution in [0, 0.1) is 0 Å². The molecule has 0 spiro atoms. The minimum absolute atomic E-state index is 0.524. The first-order valence-electron chi connectivity index (χ1n) is 6.22. The average Bonchev–Trinajstić information content (AvgIpc) is 3.15. The van der Waals surface area contributed by atoms with Crippen molar-refractivity contribution in [2.45, 2.75) is 37.6 Å². The first-order chi connectivity index (χ1) is 7.92. The first kappa shape index (κ1) is 10.0. The van der Waals surface area contributed by atoms with Gasteiger partial charge in [0.05, 0.1) is 0 Å². The van der Waals surface area contributed by atoms with Crippen molar-refractivity contribution in [3.05, 3.63) is 18.1 Å². The molecule has 0 amide bonds. The molecule has 1 aromatic rings. The third-order valence-corrected chi connectivity index (χ3v) is 3.27. The maximum Gasteiger partial charge on any atom is 0.133 e. The monoisotopic (exact) mass is 218 g/mol. The average molecular weight is 218 g/mol. The summed E-state index contributed by atoms with van der Waals surface area (Å²) in [6.07, 6.45) is 6.87. The Kier molecular flexibility index (Phi) is 2.74. The minimum Gasteiger partial charge on any atom is -0.366 e. The highest BCUT2D eigenvalue weighted by Crippen LogP contribution is 2.38. The number of aromatic nitrogens is 2. The molecule has 4 heteroatoms. The quantitative estimate of drug-likeness (QED) is 0.807. The molecular formula is C12H18N4. The molecule has 1 atom stereocenters. The third-order valence-electron chi connectivity index (χ3n) is 3.27. The highest BCUT2D eigenvalue weighted by molar-refractivity contribution is 5.35. The zero-order valence-electron chi connectivity index (χ0n) is 9.45. The standard InChI is InChI=1S/C12H18N4/c1-2-10(8-13-6-1)15-11-5-7-14-12(16-11)9-3-4-9/h5,7,9-10,13H,1-4,6,8H2,(H,14,15,16)/t10-/m0/s1. The molecule has 2 fully saturated rings. The van der Waals surface area contributed by atoms with Crippen LogP contribution in [-0.4, -0.2) is 29.1 Å². The van der Waals surface area contributed by atoms with Crippen molar-refractivity contribution in [1.29, 1.82) is 0 Å². The van der Waals surface area contributed by atoms with Crippen LogP contribution in [-0.2, 0) is 0 Å². The van der Waals surface area contributed by atoms with Gasteiger partial charge < -0.3 is 10.6 Å². The molecule has 0 unspecified atom stereocenters. The van der Waals surface area contributed by atoms with Crippen LogP contribution < -0.4 is 10.6 Å². The molecule has 0 aromatic carbocycles. The van der Waals surface area contributed by atoms with E-state index in [9.17, 15) is 0 Å². The van der Waals surface area contributed by atoms with E-state index in [0.717, 1.165) is 24.7 Å². The van der Waals surface area contributed by atoms with E-state index in [1.807, 2.05) is 12.3 Å². The Morgan fingerprint density at radius 1 is 1.31 bits per heavy atom. The lowest BCUT2D eigenvalue weighted by atomic mass is 10.1. The van der Waals surface area contributed by atoms with E-state index < -0.39 is 0 Å². The van der Waals surface area contributed by atoms with Gasteiger partial charge in [-0.3, -0.25) is 0 Å². The van der Waals surface area contributed by atoms with Gasteiger partial charge in [0.1, 0.15) is 11.6 Å². The molecule has 1 saturated carbocycles. The molecule has 1 aliphatic heterocycles. The Morgan fingerprint density at radius 2 is 2.25 bits per heavy atom. The van der Waals surface area contributed by atoms with Gasteiger partial charge in [-0.15, -0.1) is 0 Å². The van der Waals surface area contributed by atoms with Crippen molar-refractivity contribution in [1.82, 2.24) is 15.3 Å². The minimum atomic E-state index is 0.524. The number of nitrogens with one attached hydrogen (secondary N) is 2. The fourth-order valence-electron chi connectivity index (χ4n) is 2.18. The summed E-state index contributed by atoms with van der Waals surface area (Å²) in [4.78, 5) is 8.91. The molecule has 2 aliphatic rings. The van der Waals surface area contributed by atoms with E-state index in [0.29, 0.717) is 12.0 Å². The van der Waals surface area contributed by atoms with Crippen LogP contribution in [0.3, 0.4) is 0 Å². The third kappa shape index (κ3) is 2.32. The Morgan fingerprint density at radius 3 is 3.00 bits per heavy atom.